The first-order chi connectivity index (χ1) is 12.9. The van der Waals surface area contributed by atoms with Crippen LogP contribution in [-0.2, 0) is 14.6 Å². The van der Waals surface area contributed by atoms with Crippen molar-refractivity contribution in [3.63, 3.8) is 0 Å². The molecule has 0 saturated carbocycles. The fraction of sp³-hybridized carbons (Fsp3) is 0.389. The first-order valence-electron chi connectivity index (χ1n) is 8.63. The number of likely N-dealkylation sites (tertiary alicyclic amines) is 1. The van der Waals surface area contributed by atoms with Crippen LogP contribution in [-0.4, -0.2) is 48.8 Å². The van der Waals surface area contributed by atoms with Gasteiger partial charge in [-0.25, -0.2) is 8.42 Å². The molecule has 0 radical (unpaired) electrons. The molecule has 1 fully saturated rings. The molecule has 8 nitrogen and oxygen atoms in total. The molecule has 0 aliphatic carbocycles. The number of carbonyl (C=O) groups excluding carboxylic acids is 1. The van der Waals surface area contributed by atoms with Gasteiger partial charge in [-0.15, -0.1) is 5.10 Å². The van der Waals surface area contributed by atoms with Gasteiger partial charge in [0, 0.05) is 18.9 Å². The monoisotopic (exact) mass is 391 g/mol. The molecule has 1 atom stereocenters. The second-order valence-corrected chi connectivity index (χ2v) is 8.10. The van der Waals surface area contributed by atoms with Gasteiger partial charge in [0.2, 0.25) is 21.6 Å². The van der Waals surface area contributed by atoms with E-state index in [4.69, 9.17) is 9.15 Å². The van der Waals surface area contributed by atoms with Crippen molar-refractivity contribution in [1.82, 2.24) is 15.1 Å². The number of rotatable bonds is 6. The number of carbonyl (C=O) groups is 1. The summed E-state index contributed by atoms with van der Waals surface area (Å²) < 4.78 is 33.7. The molecule has 9 heteroatoms. The van der Waals surface area contributed by atoms with Crippen LogP contribution < -0.4 is 4.74 Å². The van der Waals surface area contributed by atoms with Gasteiger partial charge in [-0.2, -0.15) is 0 Å². The summed E-state index contributed by atoms with van der Waals surface area (Å²) in [6, 6.07) is 7.01. The Morgan fingerprint density at radius 2 is 2.07 bits per heavy atom. The minimum atomic E-state index is -3.57. The van der Waals surface area contributed by atoms with E-state index in [0.717, 1.165) is 24.0 Å². The zero-order chi connectivity index (χ0) is 19.4. The third-order valence-corrected chi connectivity index (χ3v) is 4.97. The highest BCUT2D eigenvalue weighted by Crippen LogP contribution is 2.31. The van der Waals surface area contributed by atoms with E-state index in [1.807, 2.05) is 31.2 Å². The lowest BCUT2D eigenvalue weighted by atomic mass is 10.2. The van der Waals surface area contributed by atoms with E-state index < -0.39 is 21.1 Å². The minimum Gasteiger partial charge on any atom is -0.494 e. The summed E-state index contributed by atoms with van der Waals surface area (Å²) in [5, 5.41) is 6.96. The van der Waals surface area contributed by atoms with Gasteiger partial charge in [-0.1, -0.05) is 17.2 Å². The van der Waals surface area contributed by atoms with Crippen LogP contribution in [0.3, 0.4) is 0 Å². The molecule has 1 aromatic carbocycles. The number of nitrogens with zero attached hydrogens (tertiary/aromatic N) is 3. The first kappa shape index (κ1) is 19.1. The Balaban J connectivity index is 1.70. The number of aromatic nitrogens is 2. The minimum absolute atomic E-state index is 0.149. The van der Waals surface area contributed by atoms with Crippen LogP contribution in [0.1, 0.15) is 37.3 Å². The molecule has 1 aromatic heterocycles. The van der Waals surface area contributed by atoms with E-state index in [1.165, 1.54) is 6.08 Å². The molecule has 2 heterocycles. The molecule has 1 aliphatic rings. The second kappa shape index (κ2) is 7.91. The highest BCUT2D eigenvalue weighted by molar-refractivity contribution is 7.90. The summed E-state index contributed by atoms with van der Waals surface area (Å²) in [6.45, 7) is 3.07. The van der Waals surface area contributed by atoms with E-state index >= 15 is 0 Å². The lowest BCUT2D eigenvalue weighted by molar-refractivity contribution is -0.127. The summed E-state index contributed by atoms with van der Waals surface area (Å²) in [4.78, 5) is 14.2. The Morgan fingerprint density at radius 3 is 2.70 bits per heavy atom. The van der Waals surface area contributed by atoms with Gasteiger partial charge in [0.25, 0.3) is 0 Å². The summed E-state index contributed by atoms with van der Waals surface area (Å²) in [6.07, 6.45) is 5.64. The van der Waals surface area contributed by atoms with Crippen molar-refractivity contribution in [3.05, 3.63) is 41.8 Å². The van der Waals surface area contributed by atoms with Crippen LogP contribution in [0.15, 0.2) is 40.0 Å². The van der Waals surface area contributed by atoms with Crippen LogP contribution in [0.2, 0.25) is 0 Å². The lowest BCUT2D eigenvalue weighted by Gasteiger charge is -2.20. The molecule has 1 aliphatic heterocycles. The predicted octanol–water partition coefficient (Wildman–Crippen LogP) is 2.25. The van der Waals surface area contributed by atoms with Crippen molar-refractivity contribution in [3.8, 4) is 5.75 Å². The standard InChI is InChI=1S/C18H21N3O5S/c1-3-25-14-9-6-13(7-10-14)8-11-16(22)21-12-4-5-15(21)17-19-20-18(26-17)27(2,23)24/h6-11,15H,3-5,12H2,1-2H3/b11-8+/t15-/m0/s1. The summed E-state index contributed by atoms with van der Waals surface area (Å²) in [5.41, 5.74) is 0.875. The number of hydrogen-bond acceptors (Lipinski definition) is 7. The smallest absolute Gasteiger partial charge is 0.335 e. The second-order valence-electron chi connectivity index (χ2n) is 6.20. The maximum atomic E-state index is 12.6. The third-order valence-electron chi connectivity index (χ3n) is 4.17. The average molecular weight is 391 g/mol. The molecule has 144 valence electrons. The number of benzene rings is 1. The van der Waals surface area contributed by atoms with Crippen LogP contribution in [0.5, 0.6) is 5.75 Å². The van der Waals surface area contributed by atoms with E-state index in [0.29, 0.717) is 19.6 Å². The summed E-state index contributed by atoms with van der Waals surface area (Å²) in [5.74, 6) is 0.736. The largest absolute Gasteiger partial charge is 0.494 e. The Hall–Kier alpha value is -2.68. The van der Waals surface area contributed by atoms with Crippen molar-refractivity contribution in [2.75, 3.05) is 19.4 Å². The molecular weight excluding hydrogens is 370 g/mol. The van der Waals surface area contributed by atoms with Gasteiger partial charge in [-0.3, -0.25) is 4.79 Å². The summed E-state index contributed by atoms with van der Waals surface area (Å²) >= 11 is 0. The highest BCUT2D eigenvalue weighted by atomic mass is 32.2. The van der Waals surface area contributed by atoms with E-state index in [2.05, 4.69) is 10.2 Å². The van der Waals surface area contributed by atoms with Crippen LogP contribution in [0.25, 0.3) is 6.08 Å². The summed E-state index contributed by atoms with van der Waals surface area (Å²) in [7, 11) is -3.57. The van der Waals surface area contributed by atoms with Crippen molar-refractivity contribution in [2.24, 2.45) is 0 Å². The molecule has 0 N–H and O–H groups in total. The zero-order valence-corrected chi connectivity index (χ0v) is 16.0. The normalized spacial score (nSPS) is 17.6. The maximum Gasteiger partial charge on any atom is 0.335 e. The number of hydrogen-bond donors (Lipinski definition) is 0. The topological polar surface area (TPSA) is 103 Å². The molecule has 0 unspecified atom stereocenters. The van der Waals surface area contributed by atoms with Gasteiger partial charge in [0.1, 0.15) is 11.8 Å². The Labute approximate surface area is 157 Å². The zero-order valence-electron chi connectivity index (χ0n) is 15.2. The van der Waals surface area contributed by atoms with Gasteiger partial charge in [-0.05, 0) is 43.5 Å². The SMILES string of the molecule is CCOc1ccc(/C=C/C(=O)N2CCC[C@H]2c2nnc(S(C)(=O)=O)o2)cc1. The number of sulfone groups is 1. The van der Waals surface area contributed by atoms with Crippen molar-refractivity contribution >= 4 is 21.8 Å². The number of ether oxygens (including phenoxy) is 1. The molecule has 27 heavy (non-hydrogen) atoms. The molecule has 2 aromatic rings. The molecule has 3 rings (SSSR count). The predicted molar refractivity (Wildman–Crippen MR) is 97.7 cm³/mol. The fourth-order valence-corrected chi connectivity index (χ4v) is 3.32. The fourth-order valence-electron chi connectivity index (χ4n) is 2.90. The first-order valence-corrected chi connectivity index (χ1v) is 10.5. The van der Waals surface area contributed by atoms with Gasteiger partial charge < -0.3 is 14.1 Å². The van der Waals surface area contributed by atoms with Gasteiger partial charge in [0.05, 0.1) is 6.61 Å². The molecule has 0 spiro atoms. The van der Waals surface area contributed by atoms with Crippen LogP contribution in [0.4, 0.5) is 0 Å². The van der Waals surface area contributed by atoms with Crippen molar-refractivity contribution < 1.29 is 22.4 Å². The molecule has 1 saturated heterocycles. The lowest BCUT2D eigenvalue weighted by Crippen LogP contribution is -2.29. The number of amides is 1. The highest BCUT2D eigenvalue weighted by Gasteiger charge is 2.33. The van der Waals surface area contributed by atoms with E-state index in [9.17, 15) is 13.2 Å². The van der Waals surface area contributed by atoms with Gasteiger partial charge in [0.15, 0.2) is 0 Å². The Bertz CT molecular complexity index is 934. The Morgan fingerprint density at radius 1 is 1.33 bits per heavy atom. The van der Waals surface area contributed by atoms with Crippen molar-refractivity contribution in [1.29, 1.82) is 0 Å². The quantitative estimate of drug-likeness (QED) is 0.696. The van der Waals surface area contributed by atoms with Gasteiger partial charge >= 0.3 is 5.22 Å². The van der Waals surface area contributed by atoms with Crippen LogP contribution >= 0.6 is 0 Å². The molecular formula is C18H21N3O5S. The van der Waals surface area contributed by atoms with Crippen LogP contribution in [0, 0.1) is 0 Å². The average Bonchev–Trinajstić information content (AvgIpc) is 3.29. The Kier molecular flexibility index (Phi) is 5.59. The van der Waals surface area contributed by atoms with E-state index in [-0.39, 0.29) is 11.8 Å². The van der Waals surface area contributed by atoms with Crippen molar-refractivity contribution in [2.45, 2.75) is 31.0 Å². The molecule has 0 bridgehead atoms. The molecule has 1 amide bonds. The maximum absolute atomic E-state index is 12.6. The third kappa shape index (κ3) is 4.54. The van der Waals surface area contributed by atoms with E-state index in [1.54, 1.807) is 11.0 Å².